The van der Waals surface area contributed by atoms with Crippen molar-refractivity contribution in [3.05, 3.63) is 83.9 Å². The maximum Gasteiger partial charge on any atom is 0.242 e. The summed E-state index contributed by atoms with van der Waals surface area (Å²) in [5, 5.41) is 11.7. The molecule has 5 heteroatoms. The molecule has 1 heterocycles. The van der Waals surface area contributed by atoms with Crippen LogP contribution in [0.3, 0.4) is 0 Å². The van der Waals surface area contributed by atoms with Crippen molar-refractivity contribution in [2.45, 2.75) is 31.6 Å². The zero-order chi connectivity index (χ0) is 20.1. The van der Waals surface area contributed by atoms with Crippen LogP contribution in [-0.2, 0) is 11.3 Å². The van der Waals surface area contributed by atoms with Gasteiger partial charge < -0.3 is 0 Å². The summed E-state index contributed by atoms with van der Waals surface area (Å²) >= 11 is 1.52. The fraction of sp³-hybridized carbons (Fsp3) is 0.208. The average molecular weight is 402 g/mol. The van der Waals surface area contributed by atoms with Gasteiger partial charge in [-0.1, -0.05) is 97.9 Å². The lowest BCUT2D eigenvalue weighted by atomic mass is 10.1. The van der Waals surface area contributed by atoms with Crippen LogP contribution in [0, 0.1) is 0 Å². The van der Waals surface area contributed by atoms with Gasteiger partial charge in [0.05, 0.1) is 18.0 Å². The van der Waals surface area contributed by atoms with Crippen LogP contribution >= 0.6 is 11.8 Å². The van der Waals surface area contributed by atoms with Crippen LogP contribution in [-0.4, -0.2) is 27.4 Å². The summed E-state index contributed by atoms with van der Waals surface area (Å²) in [6.45, 7) is 2.62. The van der Waals surface area contributed by atoms with E-state index in [1.165, 1.54) is 17.1 Å². The molecule has 1 aliphatic rings. The molecule has 4 nitrogen and oxygen atoms in total. The number of carbonyl (C=O) groups excluding carboxylic acids is 1. The van der Waals surface area contributed by atoms with Crippen molar-refractivity contribution in [2.24, 2.45) is 10.2 Å². The predicted molar refractivity (Wildman–Crippen MR) is 122 cm³/mol. The molecule has 1 amide bonds. The van der Waals surface area contributed by atoms with E-state index in [1.54, 1.807) is 11.1 Å². The van der Waals surface area contributed by atoms with Crippen molar-refractivity contribution in [3.63, 3.8) is 0 Å². The molecule has 1 unspecified atom stereocenters. The summed E-state index contributed by atoms with van der Waals surface area (Å²) in [6, 6.07) is 24.4. The number of hydrogen-bond acceptors (Lipinski definition) is 4. The predicted octanol–water partition coefficient (Wildman–Crippen LogP) is 5.47. The zero-order valence-corrected chi connectivity index (χ0v) is 17.2. The molecule has 0 radical (unpaired) electrons. The molecular formula is C24H23N3OS. The third kappa shape index (κ3) is 4.40. The molecule has 146 valence electrons. The van der Waals surface area contributed by atoms with Gasteiger partial charge in [-0.25, -0.2) is 0 Å². The van der Waals surface area contributed by atoms with Crippen LogP contribution in [0.5, 0.6) is 0 Å². The summed E-state index contributed by atoms with van der Waals surface area (Å²) in [4.78, 5) is 14.7. The summed E-state index contributed by atoms with van der Waals surface area (Å²) in [7, 11) is 0. The Kier molecular flexibility index (Phi) is 6.06. The lowest BCUT2D eigenvalue weighted by Crippen LogP contribution is -2.31. The third-order valence-corrected chi connectivity index (χ3v) is 6.15. The molecule has 0 bridgehead atoms. The highest BCUT2D eigenvalue weighted by Crippen LogP contribution is 2.31. The van der Waals surface area contributed by atoms with Crippen LogP contribution < -0.4 is 0 Å². The monoisotopic (exact) mass is 401 g/mol. The second kappa shape index (κ2) is 9.05. The molecule has 3 aromatic rings. The van der Waals surface area contributed by atoms with E-state index in [9.17, 15) is 4.79 Å². The molecule has 1 saturated heterocycles. The number of nitrogens with zero attached hydrogens (tertiary/aromatic N) is 3. The van der Waals surface area contributed by atoms with Gasteiger partial charge in [-0.15, -0.1) is 5.10 Å². The normalized spacial score (nSPS) is 18.4. The van der Waals surface area contributed by atoms with Crippen molar-refractivity contribution < 1.29 is 4.79 Å². The van der Waals surface area contributed by atoms with Crippen molar-refractivity contribution in [1.82, 2.24) is 4.90 Å². The Balaban J connectivity index is 1.60. The number of amidine groups is 1. The SMILES string of the molecule is CCCC1S/C(=N\N=C\c2cccc3ccccc23)N(Cc2ccccc2)C1=O. The number of hydrogen-bond donors (Lipinski definition) is 0. The molecule has 0 aromatic heterocycles. The first-order valence-electron chi connectivity index (χ1n) is 9.87. The summed E-state index contributed by atoms with van der Waals surface area (Å²) in [6.07, 6.45) is 3.59. The van der Waals surface area contributed by atoms with Crippen LogP contribution in [0.15, 0.2) is 83.0 Å². The lowest BCUT2D eigenvalue weighted by Gasteiger charge is -2.15. The Bertz CT molecular complexity index is 1060. The molecule has 1 fully saturated rings. The van der Waals surface area contributed by atoms with E-state index in [4.69, 9.17) is 0 Å². The minimum Gasteiger partial charge on any atom is -0.284 e. The molecule has 29 heavy (non-hydrogen) atoms. The van der Waals surface area contributed by atoms with Gasteiger partial charge in [-0.05, 0) is 22.8 Å². The van der Waals surface area contributed by atoms with E-state index in [0.29, 0.717) is 11.7 Å². The van der Waals surface area contributed by atoms with E-state index in [0.717, 1.165) is 29.4 Å². The highest BCUT2D eigenvalue weighted by molar-refractivity contribution is 8.15. The van der Waals surface area contributed by atoms with Crippen LogP contribution in [0.2, 0.25) is 0 Å². The summed E-state index contributed by atoms with van der Waals surface area (Å²) in [5.74, 6) is 0.125. The van der Waals surface area contributed by atoms with E-state index in [1.807, 2.05) is 54.6 Å². The second-order valence-electron chi connectivity index (χ2n) is 7.00. The van der Waals surface area contributed by atoms with Crippen LogP contribution in [0.25, 0.3) is 10.8 Å². The molecule has 4 rings (SSSR count). The van der Waals surface area contributed by atoms with Crippen LogP contribution in [0.4, 0.5) is 0 Å². The van der Waals surface area contributed by atoms with Crippen molar-refractivity contribution in [2.75, 3.05) is 0 Å². The van der Waals surface area contributed by atoms with Gasteiger partial charge in [0.15, 0.2) is 5.17 Å². The van der Waals surface area contributed by atoms with Gasteiger partial charge in [-0.2, -0.15) is 5.10 Å². The van der Waals surface area contributed by atoms with Gasteiger partial charge in [0.25, 0.3) is 0 Å². The minimum atomic E-state index is -0.0739. The zero-order valence-electron chi connectivity index (χ0n) is 16.4. The molecule has 0 spiro atoms. The number of rotatable bonds is 6. The molecule has 1 aliphatic heterocycles. The smallest absolute Gasteiger partial charge is 0.242 e. The summed E-state index contributed by atoms with van der Waals surface area (Å²) < 4.78 is 0. The standard InChI is InChI=1S/C24H23N3OS/c1-2-9-22-23(28)27(17-18-10-4-3-5-11-18)24(29-22)26-25-16-20-14-8-13-19-12-6-7-15-21(19)20/h3-8,10-16,22H,2,9,17H2,1H3/b25-16+,26-24-. The van der Waals surface area contributed by atoms with Crippen molar-refractivity contribution >= 4 is 39.8 Å². The van der Waals surface area contributed by atoms with Gasteiger partial charge in [0, 0.05) is 5.56 Å². The second-order valence-corrected chi connectivity index (χ2v) is 8.17. The van der Waals surface area contributed by atoms with Gasteiger partial charge >= 0.3 is 0 Å². The van der Waals surface area contributed by atoms with Gasteiger partial charge in [-0.3, -0.25) is 9.69 Å². The highest BCUT2D eigenvalue weighted by Gasteiger charge is 2.37. The van der Waals surface area contributed by atoms with Gasteiger partial charge in [0.2, 0.25) is 5.91 Å². The molecule has 0 aliphatic carbocycles. The van der Waals surface area contributed by atoms with Crippen LogP contribution in [0.1, 0.15) is 30.9 Å². The maximum absolute atomic E-state index is 12.9. The maximum atomic E-state index is 12.9. The first-order valence-corrected chi connectivity index (χ1v) is 10.7. The molecule has 3 aromatic carbocycles. The summed E-state index contributed by atoms with van der Waals surface area (Å²) in [5.41, 5.74) is 2.10. The third-order valence-electron chi connectivity index (χ3n) is 4.92. The number of fused-ring (bicyclic) bond motifs is 1. The Labute approximate surface area is 175 Å². The number of thioether (sulfide) groups is 1. The van der Waals surface area contributed by atoms with E-state index >= 15 is 0 Å². The Morgan fingerprint density at radius 1 is 1.00 bits per heavy atom. The first-order chi connectivity index (χ1) is 14.3. The van der Waals surface area contributed by atoms with E-state index < -0.39 is 0 Å². The highest BCUT2D eigenvalue weighted by atomic mass is 32.2. The first kappa shape index (κ1) is 19.4. The number of benzene rings is 3. The molecule has 1 atom stereocenters. The van der Waals surface area contributed by atoms with Gasteiger partial charge in [0.1, 0.15) is 0 Å². The molecule has 0 N–H and O–H groups in total. The molecule has 0 saturated carbocycles. The Hall–Kier alpha value is -2.92. The fourth-order valence-electron chi connectivity index (χ4n) is 3.45. The number of amides is 1. The quantitative estimate of drug-likeness (QED) is 0.406. The average Bonchev–Trinajstić information content (AvgIpc) is 3.04. The van der Waals surface area contributed by atoms with Crippen molar-refractivity contribution in [3.8, 4) is 0 Å². The molecular weight excluding hydrogens is 378 g/mol. The van der Waals surface area contributed by atoms with E-state index in [2.05, 4.69) is 35.3 Å². The minimum absolute atomic E-state index is 0.0739. The van der Waals surface area contributed by atoms with E-state index in [-0.39, 0.29) is 11.2 Å². The van der Waals surface area contributed by atoms with Crippen molar-refractivity contribution in [1.29, 1.82) is 0 Å². The largest absolute Gasteiger partial charge is 0.284 e. The Morgan fingerprint density at radius 2 is 1.76 bits per heavy atom. The fourth-order valence-corrected chi connectivity index (χ4v) is 4.66. The Morgan fingerprint density at radius 3 is 2.59 bits per heavy atom. The topological polar surface area (TPSA) is 45.0 Å². The number of carbonyl (C=O) groups is 1. The lowest BCUT2D eigenvalue weighted by molar-refractivity contribution is -0.126.